The van der Waals surface area contributed by atoms with Gasteiger partial charge in [0.25, 0.3) is 5.91 Å². The summed E-state index contributed by atoms with van der Waals surface area (Å²) in [5, 5.41) is 8.72. The molecule has 1 amide bonds. The van der Waals surface area contributed by atoms with Gasteiger partial charge in [-0.25, -0.2) is 4.98 Å². The van der Waals surface area contributed by atoms with Gasteiger partial charge in [-0.3, -0.25) is 9.59 Å². The van der Waals surface area contributed by atoms with Crippen molar-refractivity contribution in [3.8, 4) is 0 Å². The minimum atomic E-state index is -1.06. The molecule has 0 unspecified atom stereocenters. The molecule has 1 rings (SSSR count). The van der Waals surface area contributed by atoms with E-state index in [0.29, 0.717) is 6.29 Å². The van der Waals surface area contributed by atoms with Gasteiger partial charge >= 0.3 is 5.97 Å². The highest BCUT2D eigenvalue weighted by molar-refractivity contribution is 5.91. The normalized spacial score (nSPS) is 11.9. The predicted octanol–water partition coefficient (Wildman–Crippen LogP) is 0.524. The lowest BCUT2D eigenvalue weighted by Crippen LogP contribution is -2.22. The molecule has 0 spiro atoms. The maximum Gasteiger partial charge on any atom is 0.304 e. The van der Waals surface area contributed by atoms with Crippen LogP contribution in [0.1, 0.15) is 35.1 Å². The second-order valence-electron chi connectivity index (χ2n) is 3.97. The van der Waals surface area contributed by atoms with Crippen molar-refractivity contribution in [1.29, 1.82) is 0 Å². The monoisotopic (exact) mass is 254 g/mol. The molecule has 1 heterocycles. The molecule has 18 heavy (non-hydrogen) atoms. The molecule has 1 aromatic heterocycles. The second kappa shape index (κ2) is 5.95. The van der Waals surface area contributed by atoms with Gasteiger partial charge in [0, 0.05) is 20.5 Å². The van der Waals surface area contributed by atoms with Gasteiger partial charge in [0.1, 0.15) is 12.5 Å². The summed E-state index contributed by atoms with van der Waals surface area (Å²) in [4.78, 5) is 38.0. The summed E-state index contributed by atoms with van der Waals surface area (Å²) in [6.07, 6.45) is 1.49. The lowest BCUT2D eigenvalue weighted by molar-refractivity contribution is -0.137. The van der Waals surface area contributed by atoms with Crippen LogP contribution in [0.15, 0.2) is 10.7 Å². The lowest BCUT2D eigenvalue weighted by Gasteiger charge is -2.07. The average Bonchev–Trinajstić information content (AvgIpc) is 2.75. The first-order chi connectivity index (χ1) is 8.45. The summed E-state index contributed by atoms with van der Waals surface area (Å²) in [6, 6.07) is 0. The Labute approximate surface area is 103 Å². The molecule has 0 fully saturated rings. The summed E-state index contributed by atoms with van der Waals surface area (Å²) >= 11 is 0. The number of hydrogen-bond acceptors (Lipinski definition) is 5. The fourth-order valence-corrected chi connectivity index (χ4v) is 1.40. The fraction of sp³-hybridized carbons (Fsp3) is 0.455. The van der Waals surface area contributed by atoms with E-state index < -0.39 is 11.9 Å². The van der Waals surface area contributed by atoms with E-state index in [9.17, 15) is 14.4 Å². The smallest absolute Gasteiger partial charge is 0.304 e. The number of hydrogen-bond donors (Lipinski definition) is 1. The first-order valence-corrected chi connectivity index (χ1v) is 5.28. The maximum atomic E-state index is 11.6. The molecule has 1 N–H and O–H groups in total. The van der Waals surface area contributed by atoms with Crippen molar-refractivity contribution < 1.29 is 23.9 Å². The van der Waals surface area contributed by atoms with Crippen molar-refractivity contribution in [2.45, 2.75) is 18.8 Å². The van der Waals surface area contributed by atoms with Crippen molar-refractivity contribution in [2.75, 3.05) is 14.1 Å². The molecule has 98 valence electrons. The summed E-state index contributed by atoms with van der Waals surface area (Å²) in [5.41, 5.74) is 0.0938. The van der Waals surface area contributed by atoms with Gasteiger partial charge in [0.05, 0.1) is 12.3 Å². The fourth-order valence-electron chi connectivity index (χ4n) is 1.40. The molecule has 7 heteroatoms. The number of aromatic nitrogens is 1. The van der Waals surface area contributed by atoms with Crippen LogP contribution in [0.3, 0.4) is 0 Å². The van der Waals surface area contributed by atoms with E-state index in [1.807, 2.05) is 0 Å². The quantitative estimate of drug-likeness (QED) is 0.743. The van der Waals surface area contributed by atoms with Gasteiger partial charge in [-0.05, 0) is 0 Å². The van der Waals surface area contributed by atoms with Crippen LogP contribution in [-0.2, 0) is 9.59 Å². The number of rotatable bonds is 6. The van der Waals surface area contributed by atoms with Crippen LogP contribution in [0, 0.1) is 0 Å². The first kappa shape index (κ1) is 13.9. The number of carboxylic acids is 1. The molecule has 0 aliphatic rings. The molecule has 7 nitrogen and oxygen atoms in total. The van der Waals surface area contributed by atoms with Crippen LogP contribution < -0.4 is 0 Å². The number of oxazole rings is 1. The summed E-state index contributed by atoms with van der Waals surface area (Å²) in [6.45, 7) is 0. The zero-order valence-electron chi connectivity index (χ0n) is 10.1. The van der Waals surface area contributed by atoms with Crippen LogP contribution in [0.4, 0.5) is 0 Å². The lowest BCUT2D eigenvalue weighted by atomic mass is 10.0. The molecule has 0 saturated carbocycles. The van der Waals surface area contributed by atoms with Crippen LogP contribution >= 0.6 is 0 Å². The topological polar surface area (TPSA) is 101 Å². The van der Waals surface area contributed by atoms with Crippen LogP contribution in [0.5, 0.6) is 0 Å². The Kier molecular flexibility index (Phi) is 4.59. The number of nitrogens with zero attached hydrogens (tertiary/aromatic N) is 2. The SMILES string of the molecule is CN(C)C(=O)c1coc([C@H](CC=O)CC(=O)O)n1. The van der Waals surface area contributed by atoms with Crippen LogP contribution in [0.25, 0.3) is 0 Å². The Balaban J connectivity index is 2.90. The number of carbonyl (C=O) groups is 3. The van der Waals surface area contributed by atoms with Gasteiger partial charge in [-0.2, -0.15) is 0 Å². The van der Waals surface area contributed by atoms with Crippen molar-refractivity contribution in [2.24, 2.45) is 0 Å². The third kappa shape index (κ3) is 3.41. The highest BCUT2D eigenvalue weighted by atomic mass is 16.4. The van der Waals surface area contributed by atoms with E-state index in [-0.39, 0.29) is 30.3 Å². The van der Waals surface area contributed by atoms with Gasteiger partial charge < -0.3 is 19.2 Å². The molecule has 0 saturated heterocycles. The van der Waals surface area contributed by atoms with Crippen LogP contribution in [-0.4, -0.2) is 47.2 Å². The number of aliphatic carboxylic acids is 1. The van der Waals surface area contributed by atoms with Crippen LogP contribution in [0.2, 0.25) is 0 Å². The largest absolute Gasteiger partial charge is 0.481 e. The standard InChI is InChI=1S/C11H14N2O5/c1-13(2)11(17)8-6-18-10(12-8)7(3-4-14)5-9(15)16/h4,6-7H,3,5H2,1-2H3,(H,15,16)/t7-/m1/s1. The maximum absolute atomic E-state index is 11.6. The minimum Gasteiger partial charge on any atom is -0.481 e. The molecule has 0 aliphatic heterocycles. The van der Waals surface area contributed by atoms with E-state index in [2.05, 4.69) is 4.98 Å². The Morgan fingerprint density at radius 1 is 1.56 bits per heavy atom. The number of aldehydes is 1. The molecule has 0 bridgehead atoms. The first-order valence-electron chi connectivity index (χ1n) is 5.28. The summed E-state index contributed by atoms with van der Waals surface area (Å²) in [5.74, 6) is -1.95. The van der Waals surface area contributed by atoms with Crippen molar-refractivity contribution >= 4 is 18.2 Å². The third-order valence-electron chi connectivity index (χ3n) is 2.30. The average molecular weight is 254 g/mol. The zero-order valence-corrected chi connectivity index (χ0v) is 10.1. The molecule has 1 aromatic rings. The van der Waals surface area contributed by atoms with E-state index in [0.717, 1.165) is 6.26 Å². The summed E-state index contributed by atoms with van der Waals surface area (Å²) in [7, 11) is 3.13. The Bertz CT molecular complexity index is 452. The molecular formula is C11H14N2O5. The molecule has 0 aliphatic carbocycles. The van der Waals surface area contributed by atoms with Gasteiger partial charge in [-0.1, -0.05) is 0 Å². The van der Waals surface area contributed by atoms with E-state index in [1.54, 1.807) is 14.1 Å². The molecule has 0 aromatic carbocycles. The molecule has 1 atom stereocenters. The van der Waals surface area contributed by atoms with Gasteiger partial charge in [0.15, 0.2) is 11.6 Å². The van der Waals surface area contributed by atoms with E-state index >= 15 is 0 Å². The predicted molar refractivity (Wildman–Crippen MR) is 60.2 cm³/mol. The van der Waals surface area contributed by atoms with Gasteiger partial charge in [-0.15, -0.1) is 0 Å². The van der Waals surface area contributed by atoms with Crippen molar-refractivity contribution in [3.05, 3.63) is 17.8 Å². The Morgan fingerprint density at radius 2 is 2.22 bits per heavy atom. The molecular weight excluding hydrogens is 240 g/mol. The number of amides is 1. The second-order valence-corrected chi connectivity index (χ2v) is 3.97. The van der Waals surface area contributed by atoms with E-state index in [4.69, 9.17) is 9.52 Å². The Hall–Kier alpha value is -2.18. The zero-order chi connectivity index (χ0) is 13.7. The third-order valence-corrected chi connectivity index (χ3v) is 2.30. The Morgan fingerprint density at radius 3 is 2.72 bits per heavy atom. The highest BCUT2D eigenvalue weighted by Crippen LogP contribution is 2.22. The number of carbonyl (C=O) groups excluding carboxylic acids is 2. The highest BCUT2D eigenvalue weighted by Gasteiger charge is 2.22. The minimum absolute atomic E-state index is 0.0115. The van der Waals surface area contributed by atoms with Crippen molar-refractivity contribution in [3.63, 3.8) is 0 Å². The van der Waals surface area contributed by atoms with E-state index in [1.165, 1.54) is 4.90 Å². The number of carboxylic acid groups (broad SMARTS) is 1. The van der Waals surface area contributed by atoms with Gasteiger partial charge in [0.2, 0.25) is 0 Å². The van der Waals surface area contributed by atoms with Crippen molar-refractivity contribution in [1.82, 2.24) is 9.88 Å². The summed E-state index contributed by atoms with van der Waals surface area (Å²) < 4.78 is 5.07. The molecule has 0 radical (unpaired) electrons.